The summed E-state index contributed by atoms with van der Waals surface area (Å²) in [7, 11) is -1.30. The van der Waals surface area contributed by atoms with Crippen LogP contribution in [0.1, 0.15) is 15.4 Å². The van der Waals surface area contributed by atoms with Crippen LogP contribution in [0.3, 0.4) is 0 Å². The van der Waals surface area contributed by atoms with Crippen molar-refractivity contribution in [1.82, 2.24) is 10.2 Å². The minimum Gasteiger partial charge on any atom is -0.336 e. The highest BCUT2D eigenvalue weighted by atomic mass is 79.9. The van der Waals surface area contributed by atoms with Gasteiger partial charge in [0.05, 0.1) is 12.8 Å². The Hall–Kier alpha value is -1.43. The number of nitrogens with zero attached hydrogens (tertiary/aromatic N) is 2. The lowest BCUT2D eigenvalue weighted by atomic mass is 10.4. The summed E-state index contributed by atoms with van der Waals surface area (Å²) in [5.74, 6) is -0.618. The van der Waals surface area contributed by atoms with Gasteiger partial charge in [0.1, 0.15) is 14.2 Å². The summed E-state index contributed by atoms with van der Waals surface area (Å²) in [6.07, 6.45) is 0. The molecule has 0 radical (unpaired) electrons. The first-order chi connectivity index (χ1) is 10.3. The van der Waals surface area contributed by atoms with Gasteiger partial charge in [-0.25, -0.2) is 18.2 Å². The van der Waals surface area contributed by atoms with Crippen LogP contribution in [0, 0.1) is 6.92 Å². The molecule has 11 heteroatoms. The van der Waals surface area contributed by atoms with E-state index < -0.39 is 15.9 Å². The molecular weight excluding hydrogens is 398 g/mol. The van der Waals surface area contributed by atoms with E-state index in [2.05, 4.69) is 25.8 Å². The van der Waals surface area contributed by atoms with Crippen LogP contribution in [-0.4, -0.2) is 38.7 Å². The fourth-order valence-electron chi connectivity index (χ4n) is 1.49. The smallest absolute Gasteiger partial charge is 0.288 e. The number of aromatic nitrogens is 1. The monoisotopic (exact) mass is 409 g/mol. The molecule has 0 saturated heterocycles. The maximum absolute atomic E-state index is 12.4. The number of rotatable bonds is 5. The standard InChI is InChI=1S/C11H12BrN3O5S2/c1-6-8(12)10(20-13-6)14-22(17,18)7-4-5-21-9(7)11(16)15(2)19-3/h4-5,14H,1-3H3. The summed E-state index contributed by atoms with van der Waals surface area (Å²) < 4.78 is 32.4. The molecule has 0 bridgehead atoms. The predicted molar refractivity (Wildman–Crippen MR) is 83.2 cm³/mol. The first-order valence-corrected chi connectivity index (χ1v) is 8.97. The van der Waals surface area contributed by atoms with Crippen molar-refractivity contribution < 1.29 is 22.6 Å². The quantitative estimate of drug-likeness (QED) is 0.759. The van der Waals surface area contributed by atoms with E-state index in [0.717, 1.165) is 16.4 Å². The highest BCUT2D eigenvalue weighted by molar-refractivity contribution is 9.10. The van der Waals surface area contributed by atoms with Gasteiger partial charge in [-0.15, -0.1) is 11.3 Å². The number of carbonyl (C=O) groups excluding carboxylic acids is 1. The number of anilines is 1. The molecule has 2 rings (SSSR count). The Labute approximate surface area is 139 Å². The fraction of sp³-hybridized carbons (Fsp3) is 0.273. The fourth-order valence-corrected chi connectivity index (χ4v) is 4.25. The van der Waals surface area contributed by atoms with Gasteiger partial charge in [0.2, 0.25) is 0 Å². The van der Waals surface area contributed by atoms with Gasteiger partial charge in [-0.05, 0) is 34.3 Å². The zero-order valence-electron chi connectivity index (χ0n) is 11.8. The van der Waals surface area contributed by atoms with E-state index in [1.54, 1.807) is 6.92 Å². The van der Waals surface area contributed by atoms with E-state index in [1.807, 2.05) is 0 Å². The maximum atomic E-state index is 12.4. The minimum atomic E-state index is -4.00. The lowest BCUT2D eigenvalue weighted by molar-refractivity contribution is -0.0755. The Balaban J connectivity index is 2.37. The number of thiophene rings is 1. The van der Waals surface area contributed by atoms with Crippen molar-refractivity contribution in [2.24, 2.45) is 0 Å². The Morgan fingerprint density at radius 2 is 2.23 bits per heavy atom. The molecule has 1 N–H and O–H groups in total. The van der Waals surface area contributed by atoms with E-state index in [1.165, 1.54) is 25.6 Å². The van der Waals surface area contributed by atoms with Gasteiger partial charge in [0.15, 0.2) is 0 Å². The lowest BCUT2D eigenvalue weighted by Crippen LogP contribution is -2.26. The van der Waals surface area contributed by atoms with E-state index in [-0.39, 0.29) is 15.7 Å². The average molecular weight is 410 g/mol. The van der Waals surface area contributed by atoms with E-state index in [9.17, 15) is 13.2 Å². The first kappa shape index (κ1) is 16.9. The van der Waals surface area contributed by atoms with Gasteiger partial charge < -0.3 is 4.52 Å². The van der Waals surface area contributed by atoms with E-state index in [4.69, 9.17) is 9.36 Å². The molecule has 1 amide bonds. The van der Waals surface area contributed by atoms with Crippen LogP contribution in [0.2, 0.25) is 0 Å². The second-order valence-corrected chi connectivity index (χ2v) is 7.48. The third kappa shape index (κ3) is 3.16. The van der Waals surface area contributed by atoms with Gasteiger partial charge in [-0.2, -0.15) is 0 Å². The van der Waals surface area contributed by atoms with Crippen LogP contribution < -0.4 is 4.72 Å². The second-order valence-electron chi connectivity index (χ2n) is 4.12. The van der Waals surface area contributed by atoms with Gasteiger partial charge in [-0.1, -0.05) is 5.16 Å². The van der Waals surface area contributed by atoms with Gasteiger partial charge in [0, 0.05) is 7.05 Å². The Bertz CT molecular complexity index is 799. The number of hydrogen-bond acceptors (Lipinski definition) is 7. The predicted octanol–water partition coefficient (Wildman–Crippen LogP) is 2.24. The molecule has 0 spiro atoms. The van der Waals surface area contributed by atoms with Crippen LogP contribution in [0.5, 0.6) is 0 Å². The molecular formula is C11H12BrN3O5S2. The molecule has 0 atom stereocenters. The first-order valence-electron chi connectivity index (χ1n) is 5.82. The molecule has 2 aromatic rings. The molecule has 2 aromatic heterocycles. The summed E-state index contributed by atoms with van der Waals surface area (Å²) in [4.78, 5) is 16.8. The number of aryl methyl sites for hydroxylation is 1. The van der Waals surface area contributed by atoms with Crippen LogP contribution >= 0.6 is 27.3 Å². The lowest BCUT2D eigenvalue weighted by Gasteiger charge is -2.13. The molecule has 0 unspecified atom stereocenters. The molecule has 0 fully saturated rings. The largest absolute Gasteiger partial charge is 0.336 e. The van der Waals surface area contributed by atoms with Crippen molar-refractivity contribution in [2.45, 2.75) is 11.8 Å². The number of amides is 1. The number of nitrogens with one attached hydrogen (secondary N) is 1. The molecule has 8 nitrogen and oxygen atoms in total. The van der Waals surface area contributed by atoms with Gasteiger partial charge in [-0.3, -0.25) is 9.63 Å². The Morgan fingerprint density at radius 1 is 1.55 bits per heavy atom. The topological polar surface area (TPSA) is 102 Å². The molecule has 0 aliphatic carbocycles. The summed E-state index contributed by atoms with van der Waals surface area (Å²) in [5, 5.41) is 6.09. The molecule has 0 saturated carbocycles. The van der Waals surface area contributed by atoms with Crippen molar-refractivity contribution >= 4 is 49.1 Å². The number of sulfonamides is 1. The molecule has 0 aromatic carbocycles. The third-order valence-electron chi connectivity index (χ3n) is 2.69. The number of hydroxylamine groups is 2. The third-order valence-corrected chi connectivity index (χ3v) is 6.03. The molecule has 120 valence electrons. The van der Waals surface area contributed by atoms with Crippen molar-refractivity contribution in [1.29, 1.82) is 0 Å². The van der Waals surface area contributed by atoms with Crippen molar-refractivity contribution in [3.8, 4) is 0 Å². The summed E-state index contributed by atoms with van der Waals surface area (Å²) in [5.41, 5.74) is 0.499. The van der Waals surface area contributed by atoms with Gasteiger partial charge in [0.25, 0.3) is 21.8 Å². The Morgan fingerprint density at radius 3 is 2.77 bits per heavy atom. The van der Waals surface area contributed by atoms with E-state index in [0.29, 0.717) is 10.2 Å². The normalized spacial score (nSPS) is 11.5. The number of carbonyl (C=O) groups is 1. The van der Waals surface area contributed by atoms with Crippen LogP contribution in [0.15, 0.2) is 25.3 Å². The van der Waals surface area contributed by atoms with E-state index >= 15 is 0 Å². The minimum absolute atomic E-state index is 0.0317. The maximum Gasteiger partial charge on any atom is 0.288 e. The van der Waals surface area contributed by atoms with Crippen molar-refractivity contribution in [3.05, 3.63) is 26.5 Å². The highest BCUT2D eigenvalue weighted by Crippen LogP contribution is 2.30. The molecule has 22 heavy (non-hydrogen) atoms. The molecule has 0 aliphatic heterocycles. The van der Waals surface area contributed by atoms with Crippen molar-refractivity contribution in [2.75, 3.05) is 18.9 Å². The van der Waals surface area contributed by atoms with Crippen molar-refractivity contribution in [3.63, 3.8) is 0 Å². The number of halogens is 1. The number of hydrogen-bond donors (Lipinski definition) is 1. The average Bonchev–Trinajstić information content (AvgIpc) is 3.08. The summed E-state index contributed by atoms with van der Waals surface area (Å²) in [6, 6.07) is 1.33. The SMILES string of the molecule is CON(C)C(=O)c1sccc1S(=O)(=O)Nc1onc(C)c1Br. The summed E-state index contributed by atoms with van der Waals surface area (Å²) in [6.45, 7) is 1.65. The molecule has 0 aliphatic rings. The highest BCUT2D eigenvalue weighted by Gasteiger charge is 2.28. The van der Waals surface area contributed by atoms with Crippen LogP contribution in [-0.2, 0) is 14.9 Å². The van der Waals surface area contributed by atoms with Gasteiger partial charge >= 0.3 is 0 Å². The van der Waals surface area contributed by atoms with Crippen LogP contribution in [0.4, 0.5) is 5.88 Å². The summed E-state index contributed by atoms with van der Waals surface area (Å²) >= 11 is 4.17. The zero-order chi connectivity index (χ0) is 16.5. The second kappa shape index (κ2) is 6.36. The zero-order valence-corrected chi connectivity index (χ0v) is 15.0. The van der Waals surface area contributed by atoms with Crippen LogP contribution in [0.25, 0.3) is 0 Å². The Kier molecular flexibility index (Phi) is 4.90. The molecule has 2 heterocycles.